The number of benzene rings is 1. The van der Waals surface area contributed by atoms with Crippen molar-refractivity contribution in [2.75, 3.05) is 0 Å². The molecule has 0 aliphatic carbocycles. The highest BCUT2D eigenvalue weighted by Gasteiger charge is 2.12. The number of nitrogens with zero attached hydrogens (tertiary/aromatic N) is 2. The number of fused-ring (bicyclic) bond motifs is 1. The summed E-state index contributed by atoms with van der Waals surface area (Å²) >= 11 is 0. The van der Waals surface area contributed by atoms with Gasteiger partial charge in [-0.2, -0.15) is 0 Å². The van der Waals surface area contributed by atoms with E-state index in [0.717, 1.165) is 28.0 Å². The van der Waals surface area contributed by atoms with Gasteiger partial charge in [-0.25, -0.2) is 4.98 Å². The van der Waals surface area contributed by atoms with Crippen molar-refractivity contribution in [1.29, 1.82) is 0 Å². The van der Waals surface area contributed by atoms with E-state index in [9.17, 15) is 4.21 Å². The molecule has 0 saturated heterocycles. The Labute approximate surface area is 137 Å². The zero-order chi connectivity index (χ0) is 16.4. The molecule has 6 heteroatoms. The van der Waals surface area contributed by atoms with Gasteiger partial charge in [0.1, 0.15) is 5.75 Å². The molecule has 0 saturated carbocycles. The van der Waals surface area contributed by atoms with Gasteiger partial charge < -0.3 is 9.72 Å². The first-order valence-corrected chi connectivity index (χ1v) is 8.79. The second-order valence-electron chi connectivity index (χ2n) is 5.70. The predicted octanol–water partition coefficient (Wildman–Crippen LogP) is 3.36. The molecule has 0 amide bonds. The van der Waals surface area contributed by atoms with E-state index in [0.29, 0.717) is 10.9 Å². The van der Waals surface area contributed by atoms with E-state index in [1.165, 1.54) is 0 Å². The highest BCUT2D eigenvalue weighted by Crippen LogP contribution is 2.21. The Morgan fingerprint density at radius 2 is 2.09 bits per heavy atom. The second kappa shape index (κ2) is 6.50. The van der Waals surface area contributed by atoms with E-state index in [1.54, 1.807) is 6.20 Å². The molecule has 2 aromatic heterocycles. The smallest absolute Gasteiger partial charge is 0.197 e. The fourth-order valence-corrected chi connectivity index (χ4v) is 3.29. The first-order chi connectivity index (χ1) is 11.0. The maximum atomic E-state index is 12.5. The molecule has 1 N–H and O–H groups in total. The van der Waals surface area contributed by atoms with Crippen LogP contribution in [0.3, 0.4) is 0 Å². The van der Waals surface area contributed by atoms with Crippen LogP contribution in [0.1, 0.15) is 25.1 Å². The molecule has 23 heavy (non-hydrogen) atoms. The van der Waals surface area contributed by atoms with Crippen LogP contribution in [0.25, 0.3) is 11.0 Å². The van der Waals surface area contributed by atoms with Crippen LogP contribution in [0.5, 0.6) is 5.75 Å². The lowest BCUT2D eigenvalue weighted by molar-refractivity contribution is 0.242. The fraction of sp³-hybridized carbons (Fsp3) is 0.294. The summed E-state index contributed by atoms with van der Waals surface area (Å²) in [6.07, 6.45) is 1.84. The molecule has 1 atom stereocenters. The molecular weight excluding hydrogens is 310 g/mol. The van der Waals surface area contributed by atoms with E-state index < -0.39 is 10.8 Å². The third-order valence-electron chi connectivity index (χ3n) is 3.27. The minimum absolute atomic E-state index is 0.108. The van der Waals surface area contributed by atoms with Crippen LogP contribution in [0.2, 0.25) is 0 Å². The molecule has 0 radical (unpaired) electrons. The van der Waals surface area contributed by atoms with Crippen molar-refractivity contribution in [2.45, 2.75) is 37.8 Å². The summed E-state index contributed by atoms with van der Waals surface area (Å²) in [6, 6.07) is 9.49. The van der Waals surface area contributed by atoms with Gasteiger partial charge in [-0.05, 0) is 50.6 Å². The number of aromatic nitrogens is 3. The number of pyridine rings is 1. The highest BCUT2D eigenvalue weighted by molar-refractivity contribution is 7.84. The Kier molecular flexibility index (Phi) is 4.43. The topological polar surface area (TPSA) is 67.9 Å². The maximum absolute atomic E-state index is 12.5. The largest absolute Gasteiger partial charge is 0.491 e. The van der Waals surface area contributed by atoms with E-state index in [-0.39, 0.29) is 6.10 Å². The third-order valence-corrected chi connectivity index (χ3v) is 4.45. The zero-order valence-corrected chi connectivity index (χ0v) is 14.2. The van der Waals surface area contributed by atoms with Gasteiger partial charge >= 0.3 is 0 Å². The number of nitrogens with one attached hydrogen (secondary N) is 1. The lowest BCUT2D eigenvalue weighted by Crippen LogP contribution is -2.05. The molecule has 3 rings (SSSR count). The van der Waals surface area contributed by atoms with Crippen molar-refractivity contribution >= 4 is 21.8 Å². The lowest BCUT2D eigenvalue weighted by Gasteiger charge is -2.08. The molecule has 2 heterocycles. The molecule has 1 aromatic carbocycles. The normalized spacial score (nSPS) is 12.7. The van der Waals surface area contributed by atoms with Gasteiger partial charge in [0.25, 0.3) is 0 Å². The van der Waals surface area contributed by atoms with Crippen LogP contribution in [-0.4, -0.2) is 25.3 Å². The summed E-state index contributed by atoms with van der Waals surface area (Å²) in [6.45, 7) is 5.95. The number of hydrogen-bond donors (Lipinski definition) is 1. The summed E-state index contributed by atoms with van der Waals surface area (Å²) in [5, 5.41) is 0.463. The molecule has 120 valence electrons. The van der Waals surface area contributed by atoms with Crippen molar-refractivity contribution in [1.82, 2.24) is 15.0 Å². The maximum Gasteiger partial charge on any atom is 0.197 e. The van der Waals surface area contributed by atoms with Gasteiger partial charge in [-0.1, -0.05) is 0 Å². The van der Waals surface area contributed by atoms with E-state index in [1.807, 2.05) is 51.1 Å². The molecule has 3 aromatic rings. The number of imidazole rings is 1. The molecule has 0 bridgehead atoms. The summed E-state index contributed by atoms with van der Waals surface area (Å²) in [5.74, 6) is 1.12. The summed E-state index contributed by atoms with van der Waals surface area (Å²) < 4.78 is 18.2. The van der Waals surface area contributed by atoms with Gasteiger partial charge in [0.15, 0.2) is 5.16 Å². The Balaban J connectivity index is 1.83. The minimum atomic E-state index is -1.26. The van der Waals surface area contributed by atoms with Crippen LogP contribution in [0, 0.1) is 6.92 Å². The van der Waals surface area contributed by atoms with Gasteiger partial charge in [-0.3, -0.25) is 9.19 Å². The van der Waals surface area contributed by atoms with Gasteiger partial charge in [0.05, 0.1) is 39.4 Å². The molecule has 1 unspecified atom stereocenters. The average molecular weight is 329 g/mol. The second-order valence-corrected chi connectivity index (χ2v) is 7.07. The van der Waals surface area contributed by atoms with Gasteiger partial charge in [0, 0.05) is 12.3 Å². The van der Waals surface area contributed by atoms with Gasteiger partial charge in [-0.15, -0.1) is 0 Å². The summed E-state index contributed by atoms with van der Waals surface area (Å²) in [7, 11) is -1.26. The number of hydrogen-bond acceptors (Lipinski definition) is 4. The van der Waals surface area contributed by atoms with Crippen LogP contribution in [0.4, 0.5) is 0 Å². The van der Waals surface area contributed by atoms with Crippen molar-refractivity contribution in [3.63, 3.8) is 0 Å². The van der Waals surface area contributed by atoms with Gasteiger partial charge in [0.2, 0.25) is 0 Å². The summed E-state index contributed by atoms with van der Waals surface area (Å²) in [4.78, 5) is 11.8. The van der Waals surface area contributed by atoms with E-state index in [2.05, 4.69) is 15.0 Å². The van der Waals surface area contributed by atoms with Crippen LogP contribution >= 0.6 is 0 Å². The zero-order valence-electron chi connectivity index (χ0n) is 13.4. The molecule has 0 spiro atoms. The van der Waals surface area contributed by atoms with E-state index in [4.69, 9.17) is 4.74 Å². The minimum Gasteiger partial charge on any atom is -0.491 e. The molecular formula is C17H19N3O2S. The Morgan fingerprint density at radius 1 is 1.26 bits per heavy atom. The number of aromatic amines is 1. The highest BCUT2D eigenvalue weighted by atomic mass is 32.2. The predicted molar refractivity (Wildman–Crippen MR) is 90.9 cm³/mol. The first-order valence-electron chi connectivity index (χ1n) is 7.47. The monoisotopic (exact) mass is 329 g/mol. The Morgan fingerprint density at radius 3 is 2.83 bits per heavy atom. The number of H-pyrrole nitrogens is 1. The average Bonchev–Trinajstić information content (AvgIpc) is 2.90. The van der Waals surface area contributed by atoms with Crippen molar-refractivity contribution in [3.8, 4) is 5.75 Å². The Bertz CT molecular complexity index is 858. The summed E-state index contributed by atoms with van der Waals surface area (Å²) in [5.41, 5.74) is 3.50. The SMILES string of the molecule is Cc1ccnc(CS(=O)c2nc3ccc(OC(C)C)cc3[nH]2)c1. The standard InChI is InChI=1S/C17H19N3O2S/c1-11(2)22-14-4-5-15-16(9-14)20-17(19-15)23(21)10-13-8-12(3)6-7-18-13/h4-9,11H,10H2,1-3H3,(H,19,20). The van der Waals surface area contributed by atoms with Crippen molar-refractivity contribution < 1.29 is 8.95 Å². The number of aryl methyl sites for hydroxylation is 1. The lowest BCUT2D eigenvalue weighted by atomic mass is 10.3. The van der Waals surface area contributed by atoms with Crippen LogP contribution in [-0.2, 0) is 16.6 Å². The molecule has 0 aliphatic rings. The fourth-order valence-electron chi connectivity index (χ4n) is 2.30. The third kappa shape index (κ3) is 3.76. The number of rotatable bonds is 5. The van der Waals surface area contributed by atoms with Crippen molar-refractivity contribution in [2.24, 2.45) is 0 Å². The van der Waals surface area contributed by atoms with Crippen LogP contribution < -0.4 is 4.74 Å². The van der Waals surface area contributed by atoms with Crippen molar-refractivity contribution in [3.05, 3.63) is 47.8 Å². The van der Waals surface area contributed by atoms with E-state index >= 15 is 0 Å². The van der Waals surface area contributed by atoms with Crippen LogP contribution in [0.15, 0.2) is 41.7 Å². The first kappa shape index (κ1) is 15.7. The quantitative estimate of drug-likeness (QED) is 0.779. The molecule has 0 aliphatic heterocycles. The Hall–Kier alpha value is -2.21. The molecule has 5 nitrogen and oxygen atoms in total. The molecule has 0 fully saturated rings. The number of ether oxygens (including phenoxy) is 1.